The molecule has 0 saturated carbocycles. The second-order valence-electron chi connectivity index (χ2n) is 14.5. The molecule has 1 unspecified atom stereocenters. The number of benzene rings is 1. The third-order valence-corrected chi connectivity index (χ3v) is 10.2. The fourth-order valence-electron chi connectivity index (χ4n) is 6.91. The van der Waals surface area contributed by atoms with Gasteiger partial charge in [-0.05, 0) is 50.1 Å². The minimum atomic E-state index is -0.567. The van der Waals surface area contributed by atoms with Crippen molar-refractivity contribution in [3.8, 4) is 0 Å². The van der Waals surface area contributed by atoms with E-state index in [2.05, 4.69) is 16.0 Å². The van der Waals surface area contributed by atoms with Gasteiger partial charge in [-0.15, -0.1) is 0 Å². The SMILES string of the molecule is CCC(C)[C@H](NC(=O)[C@@H](CC(=O)[C@@H](NC)C(C)C)C(C)C)[C@@H](CC(=O)N1CC[C@H]1[C@H](OC)[C@@H](C)C(=O)N[C@H](C)Cc1ccccc1)OC. The quantitative estimate of drug-likeness (QED) is 0.177. The van der Waals surface area contributed by atoms with Crippen LogP contribution in [0.1, 0.15) is 86.6 Å². The number of Topliss-reactive ketones (excluding diaryl/α,β-unsaturated/α-hetero) is 1. The molecule has 1 heterocycles. The van der Waals surface area contributed by atoms with Crippen LogP contribution in [-0.2, 0) is 35.1 Å². The molecule has 0 spiro atoms. The van der Waals surface area contributed by atoms with E-state index in [9.17, 15) is 19.2 Å². The predicted molar refractivity (Wildman–Crippen MR) is 190 cm³/mol. The van der Waals surface area contributed by atoms with Crippen LogP contribution in [0.2, 0.25) is 0 Å². The average molecular weight is 673 g/mol. The summed E-state index contributed by atoms with van der Waals surface area (Å²) in [5.41, 5.74) is 1.15. The highest BCUT2D eigenvalue weighted by Crippen LogP contribution is 2.29. The van der Waals surface area contributed by atoms with Gasteiger partial charge in [0.2, 0.25) is 17.7 Å². The molecule has 1 aromatic rings. The van der Waals surface area contributed by atoms with Crippen molar-refractivity contribution in [1.29, 1.82) is 0 Å². The molecule has 3 N–H and O–H groups in total. The molecular weight excluding hydrogens is 608 g/mol. The summed E-state index contributed by atoms with van der Waals surface area (Å²) >= 11 is 0. The van der Waals surface area contributed by atoms with E-state index in [4.69, 9.17) is 9.47 Å². The van der Waals surface area contributed by atoms with Crippen molar-refractivity contribution in [2.45, 2.75) is 124 Å². The van der Waals surface area contributed by atoms with Gasteiger partial charge in [-0.2, -0.15) is 0 Å². The average Bonchev–Trinajstić information content (AvgIpc) is 3.02. The number of hydrogen-bond donors (Lipinski definition) is 3. The molecule has 3 amide bonds. The zero-order valence-corrected chi connectivity index (χ0v) is 31.4. The minimum Gasteiger partial charge on any atom is -0.379 e. The lowest BCUT2D eigenvalue weighted by Crippen LogP contribution is -2.61. The van der Waals surface area contributed by atoms with Gasteiger partial charge in [-0.1, -0.05) is 85.2 Å². The second-order valence-corrected chi connectivity index (χ2v) is 14.5. The fraction of sp³-hybridized carbons (Fsp3) is 0.737. The molecule has 272 valence electrons. The molecule has 1 saturated heterocycles. The molecule has 1 aliphatic rings. The summed E-state index contributed by atoms with van der Waals surface area (Å²) in [6.07, 6.45) is 1.41. The topological polar surface area (TPSA) is 126 Å². The highest BCUT2D eigenvalue weighted by atomic mass is 16.5. The second kappa shape index (κ2) is 20.0. The van der Waals surface area contributed by atoms with Crippen molar-refractivity contribution in [1.82, 2.24) is 20.9 Å². The van der Waals surface area contributed by atoms with E-state index in [0.717, 1.165) is 24.8 Å². The molecule has 0 aromatic heterocycles. The first-order valence-electron chi connectivity index (χ1n) is 17.9. The van der Waals surface area contributed by atoms with Crippen LogP contribution < -0.4 is 16.0 Å². The van der Waals surface area contributed by atoms with Crippen LogP contribution in [0.3, 0.4) is 0 Å². The summed E-state index contributed by atoms with van der Waals surface area (Å²) in [6, 6.07) is 9.00. The minimum absolute atomic E-state index is 0.0185. The van der Waals surface area contributed by atoms with E-state index in [1.807, 2.05) is 85.7 Å². The molecule has 0 bridgehead atoms. The number of rotatable bonds is 21. The van der Waals surface area contributed by atoms with Crippen LogP contribution in [-0.4, -0.2) is 92.6 Å². The van der Waals surface area contributed by atoms with Crippen molar-refractivity contribution >= 4 is 23.5 Å². The van der Waals surface area contributed by atoms with Crippen LogP contribution in [0, 0.1) is 29.6 Å². The predicted octanol–water partition coefficient (Wildman–Crippen LogP) is 4.40. The Balaban J connectivity index is 2.12. The van der Waals surface area contributed by atoms with E-state index >= 15 is 0 Å². The molecule has 10 nitrogen and oxygen atoms in total. The smallest absolute Gasteiger partial charge is 0.225 e. The van der Waals surface area contributed by atoms with Crippen LogP contribution in [0.15, 0.2) is 30.3 Å². The number of nitrogens with one attached hydrogen (secondary N) is 3. The van der Waals surface area contributed by atoms with Crippen LogP contribution in [0.4, 0.5) is 0 Å². The summed E-state index contributed by atoms with van der Waals surface area (Å²) in [5.74, 6) is -1.26. The number of likely N-dealkylation sites (tertiary alicyclic amines) is 1. The summed E-state index contributed by atoms with van der Waals surface area (Å²) < 4.78 is 11.7. The molecule has 0 radical (unpaired) electrons. The van der Waals surface area contributed by atoms with Gasteiger partial charge in [0.15, 0.2) is 5.78 Å². The monoisotopic (exact) mass is 672 g/mol. The lowest BCUT2D eigenvalue weighted by atomic mass is 9.84. The molecule has 48 heavy (non-hydrogen) atoms. The van der Waals surface area contributed by atoms with E-state index in [1.54, 1.807) is 26.2 Å². The van der Waals surface area contributed by atoms with Gasteiger partial charge in [0.1, 0.15) is 0 Å². The summed E-state index contributed by atoms with van der Waals surface area (Å²) in [5, 5.41) is 9.41. The highest BCUT2D eigenvalue weighted by molar-refractivity contribution is 5.90. The zero-order chi connectivity index (χ0) is 36.1. The largest absolute Gasteiger partial charge is 0.379 e. The Morgan fingerprint density at radius 3 is 2.00 bits per heavy atom. The number of carbonyl (C=O) groups excluding carboxylic acids is 4. The molecule has 1 fully saturated rings. The van der Waals surface area contributed by atoms with E-state index in [0.29, 0.717) is 6.54 Å². The third-order valence-electron chi connectivity index (χ3n) is 10.2. The Morgan fingerprint density at radius 2 is 1.52 bits per heavy atom. The van der Waals surface area contributed by atoms with E-state index in [-0.39, 0.29) is 72.2 Å². The summed E-state index contributed by atoms with van der Waals surface area (Å²) in [4.78, 5) is 55.7. The molecule has 1 aliphatic heterocycles. The van der Waals surface area contributed by atoms with Crippen LogP contribution in [0.25, 0.3) is 0 Å². The van der Waals surface area contributed by atoms with Crippen LogP contribution in [0.5, 0.6) is 0 Å². The molecule has 0 aliphatic carbocycles. The molecule has 9 atom stereocenters. The number of likely N-dealkylation sites (N-methyl/N-ethyl adjacent to an activating group) is 1. The summed E-state index contributed by atoms with van der Waals surface area (Å²) in [6.45, 7) is 16.4. The molecule has 2 rings (SSSR count). The number of ether oxygens (including phenoxy) is 2. The van der Waals surface area contributed by atoms with Crippen molar-refractivity contribution < 1.29 is 28.7 Å². The lowest BCUT2D eigenvalue weighted by Gasteiger charge is -2.47. The standard InChI is InChI=1S/C38H64N4O6/c1-12-25(6)35(41-38(46)29(23(2)3)21-31(43)34(39-9)24(4)5)32(47-10)22-33(44)42-19-18-30(42)36(48-11)27(8)37(45)40-26(7)20-28-16-14-13-15-17-28/h13-17,23-27,29-30,32,34-36,39H,12,18-22H2,1-11H3,(H,40,45)(H,41,46)/t25?,26-,27-,29+,30+,32-,34+,35+,36-/m1/s1. The third kappa shape index (κ3) is 11.4. The van der Waals surface area contributed by atoms with Gasteiger partial charge in [0.05, 0.1) is 42.7 Å². The maximum Gasteiger partial charge on any atom is 0.225 e. The molecular formula is C38H64N4O6. The van der Waals surface area contributed by atoms with E-state index < -0.39 is 30.1 Å². The van der Waals surface area contributed by atoms with Crippen molar-refractivity contribution in [3.05, 3.63) is 35.9 Å². The van der Waals surface area contributed by atoms with Crippen molar-refractivity contribution in [2.24, 2.45) is 29.6 Å². The van der Waals surface area contributed by atoms with Gasteiger partial charge >= 0.3 is 0 Å². The first-order chi connectivity index (χ1) is 22.7. The Morgan fingerprint density at radius 1 is 0.875 bits per heavy atom. The lowest BCUT2D eigenvalue weighted by molar-refractivity contribution is -0.154. The summed E-state index contributed by atoms with van der Waals surface area (Å²) in [7, 11) is 4.93. The Bertz CT molecular complexity index is 1160. The van der Waals surface area contributed by atoms with Gasteiger partial charge in [-0.3, -0.25) is 19.2 Å². The van der Waals surface area contributed by atoms with E-state index in [1.165, 1.54) is 0 Å². The first-order valence-corrected chi connectivity index (χ1v) is 17.9. The first kappa shape index (κ1) is 41.4. The number of ketones is 1. The van der Waals surface area contributed by atoms with Crippen LogP contribution >= 0.6 is 0 Å². The fourth-order valence-corrected chi connectivity index (χ4v) is 6.91. The number of hydrogen-bond acceptors (Lipinski definition) is 7. The van der Waals surface area contributed by atoms with Gasteiger partial charge in [-0.25, -0.2) is 0 Å². The maximum absolute atomic E-state index is 13.8. The van der Waals surface area contributed by atoms with Gasteiger partial charge in [0, 0.05) is 39.1 Å². The Kier molecular flexibility index (Phi) is 17.2. The van der Waals surface area contributed by atoms with Crippen molar-refractivity contribution in [3.63, 3.8) is 0 Å². The Labute approximate surface area is 289 Å². The Hall–Kier alpha value is -2.82. The number of carbonyl (C=O) groups is 4. The van der Waals surface area contributed by atoms with Gasteiger partial charge < -0.3 is 30.3 Å². The molecule has 10 heteroatoms. The molecule has 1 aromatic carbocycles. The maximum atomic E-state index is 13.8. The normalized spacial score (nSPS) is 19.8. The zero-order valence-electron chi connectivity index (χ0n) is 31.4. The number of methoxy groups -OCH3 is 2. The highest BCUT2D eigenvalue weighted by Gasteiger charge is 2.44. The van der Waals surface area contributed by atoms with Crippen molar-refractivity contribution in [2.75, 3.05) is 27.8 Å². The number of nitrogens with zero attached hydrogens (tertiary/aromatic N) is 1. The van der Waals surface area contributed by atoms with Gasteiger partial charge in [0.25, 0.3) is 0 Å². The number of amides is 3.